The van der Waals surface area contributed by atoms with Crippen molar-refractivity contribution in [2.24, 2.45) is 0 Å². The van der Waals surface area contributed by atoms with E-state index in [4.69, 9.17) is 4.74 Å². The van der Waals surface area contributed by atoms with Gasteiger partial charge in [0.25, 0.3) is 0 Å². The molecule has 0 N–H and O–H groups in total. The Labute approximate surface area is 97.2 Å². The van der Waals surface area contributed by atoms with Crippen molar-refractivity contribution in [2.75, 3.05) is 20.1 Å². The van der Waals surface area contributed by atoms with Crippen molar-refractivity contribution in [3.63, 3.8) is 0 Å². The molecule has 2 aliphatic heterocycles. The monoisotopic (exact) mass is 217 g/mol. The van der Waals surface area contributed by atoms with Gasteiger partial charge in [0.05, 0.1) is 12.2 Å². The number of likely N-dealkylation sites (tertiary alicyclic amines) is 1. The number of fused-ring (bicyclic) bond motifs is 2. The summed E-state index contributed by atoms with van der Waals surface area (Å²) in [6.45, 7) is 5.27. The summed E-state index contributed by atoms with van der Waals surface area (Å²) in [6, 6.07) is 6.75. The van der Waals surface area contributed by atoms with Crippen molar-refractivity contribution in [1.29, 1.82) is 0 Å². The van der Waals surface area contributed by atoms with Gasteiger partial charge in [-0.05, 0) is 37.9 Å². The molecule has 16 heavy (non-hydrogen) atoms. The molecule has 0 radical (unpaired) electrons. The zero-order chi connectivity index (χ0) is 11.2. The minimum atomic E-state index is 0.0356. The fourth-order valence-corrected chi connectivity index (χ4v) is 2.93. The van der Waals surface area contributed by atoms with Gasteiger partial charge in [-0.3, -0.25) is 0 Å². The average Bonchev–Trinajstić information content (AvgIpc) is 2.62. The van der Waals surface area contributed by atoms with Crippen molar-refractivity contribution in [3.8, 4) is 0 Å². The molecule has 1 fully saturated rings. The van der Waals surface area contributed by atoms with Crippen LogP contribution in [0.2, 0.25) is 0 Å². The Bertz CT molecular complexity index is 405. The predicted octanol–water partition coefficient (Wildman–Crippen LogP) is 2.45. The number of rotatable bonds is 0. The Hall–Kier alpha value is -0.860. The molecule has 1 aromatic carbocycles. The van der Waals surface area contributed by atoms with E-state index in [9.17, 15) is 0 Å². The van der Waals surface area contributed by atoms with Crippen LogP contribution in [0.5, 0.6) is 0 Å². The van der Waals surface area contributed by atoms with Crippen molar-refractivity contribution in [2.45, 2.75) is 32.0 Å². The quantitative estimate of drug-likeness (QED) is 0.662. The predicted molar refractivity (Wildman–Crippen MR) is 64.4 cm³/mol. The summed E-state index contributed by atoms with van der Waals surface area (Å²) in [5.74, 6) is 0. The molecular weight excluding hydrogens is 198 g/mol. The second kappa shape index (κ2) is 3.57. The molecule has 1 aromatic rings. The summed E-state index contributed by atoms with van der Waals surface area (Å²) < 4.78 is 6.13. The van der Waals surface area contributed by atoms with Crippen LogP contribution in [0.15, 0.2) is 18.2 Å². The standard InChI is InChI=1S/C14H19NO/c1-11-3-4-12-10-16-14(13(12)9-11)5-7-15(2)8-6-14/h3-4,9H,5-8,10H2,1-2H3. The number of aryl methyl sites for hydroxylation is 1. The summed E-state index contributed by atoms with van der Waals surface area (Å²) >= 11 is 0. The average molecular weight is 217 g/mol. The molecule has 1 saturated heterocycles. The molecule has 0 bridgehead atoms. The lowest BCUT2D eigenvalue weighted by molar-refractivity contribution is -0.0755. The Morgan fingerprint density at radius 1 is 1.25 bits per heavy atom. The van der Waals surface area contributed by atoms with Gasteiger partial charge in [0.1, 0.15) is 0 Å². The topological polar surface area (TPSA) is 12.5 Å². The van der Waals surface area contributed by atoms with Gasteiger partial charge in [0, 0.05) is 13.1 Å². The van der Waals surface area contributed by atoms with Crippen LogP contribution in [0, 0.1) is 6.92 Å². The van der Waals surface area contributed by atoms with Crippen LogP contribution >= 0.6 is 0 Å². The Kier molecular flexibility index (Phi) is 2.30. The van der Waals surface area contributed by atoms with Crippen molar-refractivity contribution >= 4 is 0 Å². The van der Waals surface area contributed by atoms with Gasteiger partial charge >= 0.3 is 0 Å². The summed E-state index contributed by atoms with van der Waals surface area (Å²) in [6.07, 6.45) is 2.28. The van der Waals surface area contributed by atoms with Gasteiger partial charge in [0.15, 0.2) is 0 Å². The Morgan fingerprint density at radius 3 is 2.75 bits per heavy atom. The van der Waals surface area contributed by atoms with Gasteiger partial charge < -0.3 is 9.64 Å². The van der Waals surface area contributed by atoms with Gasteiger partial charge in [-0.2, -0.15) is 0 Å². The summed E-state index contributed by atoms with van der Waals surface area (Å²) in [4.78, 5) is 2.39. The van der Waals surface area contributed by atoms with Gasteiger partial charge in [-0.25, -0.2) is 0 Å². The third kappa shape index (κ3) is 1.48. The van der Waals surface area contributed by atoms with E-state index in [0.717, 1.165) is 32.5 Å². The first kappa shape index (κ1) is 10.3. The van der Waals surface area contributed by atoms with Gasteiger partial charge in [0.2, 0.25) is 0 Å². The second-order valence-electron chi connectivity index (χ2n) is 5.25. The van der Waals surface area contributed by atoms with E-state index in [0.29, 0.717) is 0 Å². The molecule has 0 atom stereocenters. The highest BCUT2D eigenvalue weighted by molar-refractivity contribution is 5.38. The second-order valence-corrected chi connectivity index (χ2v) is 5.25. The van der Waals surface area contributed by atoms with Crippen LogP contribution in [-0.4, -0.2) is 25.0 Å². The third-order valence-corrected chi connectivity index (χ3v) is 4.05. The van der Waals surface area contributed by atoms with Crippen molar-refractivity contribution in [1.82, 2.24) is 4.90 Å². The van der Waals surface area contributed by atoms with E-state index in [-0.39, 0.29) is 5.60 Å². The highest BCUT2D eigenvalue weighted by Gasteiger charge is 2.41. The lowest BCUT2D eigenvalue weighted by Crippen LogP contribution is -2.40. The smallest absolute Gasteiger partial charge is 0.0963 e. The molecule has 0 unspecified atom stereocenters. The van der Waals surface area contributed by atoms with E-state index in [2.05, 4.69) is 37.1 Å². The van der Waals surface area contributed by atoms with E-state index in [1.807, 2.05) is 0 Å². The number of nitrogens with zero attached hydrogens (tertiary/aromatic N) is 1. The van der Waals surface area contributed by atoms with Crippen LogP contribution in [-0.2, 0) is 16.9 Å². The molecular formula is C14H19NO. The maximum absolute atomic E-state index is 6.13. The minimum absolute atomic E-state index is 0.0356. The third-order valence-electron chi connectivity index (χ3n) is 4.05. The fourth-order valence-electron chi connectivity index (χ4n) is 2.93. The van der Waals surface area contributed by atoms with Crippen LogP contribution in [0.25, 0.3) is 0 Å². The highest BCUT2D eigenvalue weighted by Crippen LogP contribution is 2.44. The van der Waals surface area contributed by atoms with Crippen LogP contribution in [0.3, 0.4) is 0 Å². The number of hydrogen-bond donors (Lipinski definition) is 0. The van der Waals surface area contributed by atoms with Crippen molar-refractivity contribution < 1.29 is 4.74 Å². The van der Waals surface area contributed by atoms with Gasteiger partial charge in [-0.1, -0.05) is 23.8 Å². The van der Waals surface area contributed by atoms with Crippen LogP contribution in [0.1, 0.15) is 29.5 Å². The molecule has 0 aromatic heterocycles. The Balaban J connectivity index is 1.98. The molecule has 2 heterocycles. The molecule has 0 saturated carbocycles. The summed E-state index contributed by atoms with van der Waals surface area (Å²) in [5, 5.41) is 0. The zero-order valence-corrected chi connectivity index (χ0v) is 10.1. The first-order chi connectivity index (χ1) is 7.70. The first-order valence-corrected chi connectivity index (χ1v) is 6.12. The SMILES string of the molecule is Cc1ccc2c(c1)C1(CCN(C)CC1)OC2. The number of hydrogen-bond acceptors (Lipinski definition) is 2. The van der Waals surface area contributed by atoms with Gasteiger partial charge in [-0.15, -0.1) is 0 Å². The lowest BCUT2D eigenvalue weighted by atomic mass is 9.83. The van der Waals surface area contributed by atoms with E-state index < -0.39 is 0 Å². The normalized spacial score (nSPS) is 23.6. The van der Waals surface area contributed by atoms with Crippen LogP contribution < -0.4 is 0 Å². The maximum Gasteiger partial charge on any atom is 0.0963 e. The molecule has 2 nitrogen and oxygen atoms in total. The minimum Gasteiger partial charge on any atom is -0.365 e. The van der Waals surface area contributed by atoms with E-state index >= 15 is 0 Å². The highest BCUT2D eigenvalue weighted by atomic mass is 16.5. The van der Waals surface area contributed by atoms with E-state index in [1.165, 1.54) is 16.7 Å². The number of ether oxygens (including phenoxy) is 1. The first-order valence-electron chi connectivity index (χ1n) is 6.12. The molecule has 0 aliphatic carbocycles. The number of piperidine rings is 1. The lowest BCUT2D eigenvalue weighted by Gasteiger charge is -2.37. The fraction of sp³-hybridized carbons (Fsp3) is 0.571. The largest absolute Gasteiger partial charge is 0.365 e. The zero-order valence-electron chi connectivity index (χ0n) is 10.1. The molecule has 2 heteroatoms. The summed E-state index contributed by atoms with van der Waals surface area (Å²) in [5.41, 5.74) is 4.24. The van der Waals surface area contributed by atoms with E-state index in [1.54, 1.807) is 0 Å². The van der Waals surface area contributed by atoms with Crippen LogP contribution in [0.4, 0.5) is 0 Å². The molecule has 1 spiro atoms. The molecule has 3 rings (SSSR count). The Morgan fingerprint density at radius 2 is 2.00 bits per heavy atom. The molecule has 2 aliphatic rings. The number of benzene rings is 1. The molecule has 86 valence electrons. The summed E-state index contributed by atoms with van der Waals surface area (Å²) in [7, 11) is 2.19. The maximum atomic E-state index is 6.13. The van der Waals surface area contributed by atoms with Crippen molar-refractivity contribution in [3.05, 3.63) is 34.9 Å². The molecule has 0 amide bonds.